The molecule has 1 fully saturated rings. The van der Waals surface area contributed by atoms with Crippen molar-refractivity contribution in [3.05, 3.63) is 10.4 Å². The molecule has 0 bridgehead atoms. The predicted octanol–water partition coefficient (Wildman–Crippen LogP) is 2.18. The second-order valence-electron chi connectivity index (χ2n) is 4.76. The third-order valence-corrected chi connectivity index (χ3v) is 2.88. The second kappa shape index (κ2) is 4.55. The lowest BCUT2D eigenvalue weighted by Gasteiger charge is -2.42. The van der Waals surface area contributed by atoms with E-state index in [2.05, 4.69) is 15.2 Å². The maximum absolute atomic E-state index is 5.99. The Morgan fingerprint density at radius 1 is 1.35 bits per heavy atom. The van der Waals surface area contributed by atoms with Gasteiger partial charge in [-0.05, 0) is 32.4 Å². The fraction of sp³-hybridized carbons (Fsp3) is 0.700. The minimum absolute atomic E-state index is 0.0985. The minimum atomic E-state index is -0.252. The molecule has 5 nitrogen and oxygen atoms in total. The topological polar surface area (TPSA) is 51.1 Å². The van der Waals surface area contributed by atoms with E-state index in [0.29, 0.717) is 18.9 Å². The molecule has 17 heavy (non-hydrogen) atoms. The van der Waals surface area contributed by atoms with Crippen LogP contribution in [0.3, 0.4) is 0 Å². The molecular formula is C10H14Cl2N4O. The van der Waals surface area contributed by atoms with Gasteiger partial charge in [-0.2, -0.15) is 4.98 Å². The molecule has 0 spiro atoms. The molecule has 2 rings (SSSR count). The van der Waals surface area contributed by atoms with Crippen LogP contribution in [-0.2, 0) is 4.74 Å². The van der Waals surface area contributed by atoms with Crippen LogP contribution in [0.1, 0.15) is 20.8 Å². The molecule has 1 aromatic rings. The first kappa shape index (κ1) is 12.8. The number of morpholine rings is 1. The lowest BCUT2D eigenvalue weighted by Crippen LogP contribution is -2.52. The van der Waals surface area contributed by atoms with E-state index in [1.807, 2.05) is 25.7 Å². The van der Waals surface area contributed by atoms with Crippen LogP contribution < -0.4 is 4.90 Å². The second-order valence-corrected chi connectivity index (χ2v) is 5.46. The van der Waals surface area contributed by atoms with Crippen LogP contribution in [0.25, 0.3) is 0 Å². The molecule has 0 aromatic carbocycles. The van der Waals surface area contributed by atoms with Gasteiger partial charge < -0.3 is 9.64 Å². The molecule has 94 valence electrons. The first-order valence-electron chi connectivity index (χ1n) is 5.36. The molecule has 0 N–H and O–H groups in total. The van der Waals surface area contributed by atoms with E-state index < -0.39 is 0 Å². The quantitative estimate of drug-likeness (QED) is 0.787. The van der Waals surface area contributed by atoms with Crippen molar-refractivity contribution in [2.75, 3.05) is 18.0 Å². The first-order chi connectivity index (χ1) is 7.87. The van der Waals surface area contributed by atoms with Gasteiger partial charge in [0.1, 0.15) is 0 Å². The molecule has 1 atom stereocenters. The standard InChI is InChI=1S/C10H14Cl2N4O/c1-6-4-16(5-10(2,3)17-6)8-7(11)14-15-9(12)13-8/h6H,4-5H2,1-3H3. The average molecular weight is 277 g/mol. The molecular weight excluding hydrogens is 263 g/mol. The van der Waals surface area contributed by atoms with E-state index in [1.54, 1.807) is 0 Å². The van der Waals surface area contributed by atoms with E-state index >= 15 is 0 Å². The Hall–Kier alpha value is -0.650. The van der Waals surface area contributed by atoms with Gasteiger partial charge in [0.05, 0.1) is 11.7 Å². The maximum atomic E-state index is 5.99. The zero-order chi connectivity index (χ0) is 12.6. The summed E-state index contributed by atoms with van der Waals surface area (Å²) < 4.78 is 5.81. The summed E-state index contributed by atoms with van der Waals surface area (Å²) in [7, 11) is 0. The Bertz CT molecular complexity index is 427. The van der Waals surface area contributed by atoms with Gasteiger partial charge >= 0.3 is 0 Å². The molecule has 1 saturated heterocycles. The number of ether oxygens (including phenoxy) is 1. The molecule has 0 aliphatic carbocycles. The monoisotopic (exact) mass is 276 g/mol. The Labute approximate surface area is 110 Å². The molecule has 0 radical (unpaired) electrons. The summed E-state index contributed by atoms with van der Waals surface area (Å²) in [5.74, 6) is 0.565. The van der Waals surface area contributed by atoms with E-state index in [-0.39, 0.29) is 22.1 Å². The molecule has 2 heterocycles. The van der Waals surface area contributed by atoms with Gasteiger partial charge in [0.2, 0.25) is 5.28 Å². The smallest absolute Gasteiger partial charge is 0.245 e. The number of hydrogen-bond donors (Lipinski definition) is 0. The summed E-state index contributed by atoms with van der Waals surface area (Å²) in [6, 6.07) is 0. The summed E-state index contributed by atoms with van der Waals surface area (Å²) in [5.41, 5.74) is -0.252. The highest BCUT2D eigenvalue weighted by Gasteiger charge is 2.33. The Balaban J connectivity index is 2.30. The van der Waals surface area contributed by atoms with Crippen molar-refractivity contribution in [1.29, 1.82) is 0 Å². The fourth-order valence-corrected chi connectivity index (χ4v) is 2.42. The average Bonchev–Trinajstić information content (AvgIpc) is 2.18. The van der Waals surface area contributed by atoms with Gasteiger partial charge in [0.15, 0.2) is 11.0 Å². The van der Waals surface area contributed by atoms with Gasteiger partial charge in [-0.15, -0.1) is 10.2 Å². The molecule has 1 aliphatic heterocycles. The van der Waals surface area contributed by atoms with Gasteiger partial charge in [0.25, 0.3) is 0 Å². The van der Waals surface area contributed by atoms with Crippen molar-refractivity contribution >= 4 is 29.0 Å². The number of nitrogens with zero attached hydrogens (tertiary/aromatic N) is 4. The Kier molecular flexibility index (Phi) is 3.43. The molecule has 1 unspecified atom stereocenters. The SMILES string of the molecule is CC1CN(c2nc(Cl)nnc2Cl)CC(C)(C)O1. The lowest BCUT2D eigenvalue weighted by molar-refractivity contribution is -0.0751. The van der Waals surface area contributed by atoms with E-state index in [0.717, 1.165) is 0 Å². The number of anilines is 1. The van der Waals surface area contributed by atoms with Gasteiger partial charge in [-0.3, -0.25) is 0 Å². The van der Waals surface area contributed by atoms with Crippen molar-refractivity contribution in [2.45, 2.75) is 32.5 Å². The third-order valence-electron chi connectivity index (χ3n) is 2.47. The summed E-state index contributed by atoms with van der Waals surface area (Å²) in [6.07, 6.45) is 0.101. The number of hydrogen-bond acceptors (Lipinski definition) is 5. The zero-order valence-electron chi connectivity index (χ0n) is 9.94. The highest BCUT2D eigenvalue weighted by atomic mass is 35.5. The van der Waals surface area contributed by atoms with Crippen molar-refractivity contribution in [2.24, 2.45) is 0 Å². The highest BCUT2D eigenvalue weighted by molar-refractivity contribution is 6.32. The minimum Gasteiger partial charge on any atom is -0.369 e. The Morgan fingerprint density at radius 3 is 2.71 bits per heavy atom. The van der Waals surface area contributed by atoms with Gasteiger partial charge in [0, 0.05) is 13.1 Å². The van der Waals surface area contributed by atoms with Crippen LogP contribution in [0.5, 0.6) is 0 Å². The van der Waals surface area contributed by atoms with E-state index in [4.69, 9.17) is 27.9 Å². The Morgan fingerprint density at radius 2 is 2.06 bits per heavy atom. The molecule has 7 heteroatoms. The lowest BCUT2D eigenvalue weighted by atomic mass is 10.1. The van der Waals surface area contributed by atoms with Crippen LogP contribution in [0.15, 0.2) is 0 Å². The molecule has 0 saturated carbocycles. The van der Waals surface area contributed by atoms with Crippen molar-refractivity contribution in [1.82, 2.24) is 15.2 Å². The summed E-state index contributed by atoms with van der Waals surface area (Å²) in [4.78, 5) is 6.15. The zero-order valence-corrected chi connectivity index (χ0v) is 11.5. The van der Waals surface area contributed by atoms with Crippen molar-refractivity contribution in [3.8, 4) is 0 Å². The summed E-state index contributed by atoms with van der Waals surface area (Å²) >= 11 is 11.7. The number of aromatic nitrogens is 3. The number of halogens is 2. The number of rotatable bonds is 1. The van der Waals surface area contributed by atoms with Crippen LogP contribution in [-0.4, -0.2) is 40.0 Å². The first-order valence-corrected chi connectivity index (χ1v) is 6.11. The van der Waals surface area contributed by atoms with Crippen LogP contribution in [0, 0.1) is 0 Å². The third kappa shape index (κ3) is 2.97. The largest absolute Gasteiger partial charge is 0.369 e. The van der Waals surface area contributed by atoms with Crippen molar-refractivity contribution in [3.63, 3.8) is 0 Å². The van der Waals surface area contributed by atoms with Gasteiger partial charge in [-0.25, -0.2) is 0 Å². The molecule has 1 aromatic heterocycles. The summed E-state index contributed by atoms with van der Waals surface area (Å²) in [5, 5.41) is 7.73. The van der Waals surface area contributed by atoms with E-state index in [9.17, 15) is 0 Å². The predicted molar refractivity (Wildman–Crippen MR) is 66.7 cm³/mol. The van der Waals surface area contributed by atoms with Crippen LogP contribution in [0.4, 0.5) is 5.82 Å². The van der Waals surface area contributed by atoms with Gasteiger partial charge in [-0.1, -0.05) is 11.6 Å². The van der Waals surface area contributed by atoms with Crippen LogP contribution in [0.2, 0.25) is 10.4 Å². The van der Waals surface area contributed by atoms with Crippen LogP contribution >= 0.6 is 23.2 Å². The van der Waals surface area contributed by atoms with E-state index in [1.165, 1.54) is 0 Å². The van der Waals surface area contributed by atoms with Crippen molar-refractivity contribution < 1.29 is 4.74 Å². The highest BCUT2D eigenvalue weighted by Crippen LogP contribution is 2.28. The fourth-order valence-electron chi connectivity index (χ4n) is 2.10. The molecule has 0 amide bonds. The normalized spacial score (nSPS) is 23.8. The maximum Gasteiger partial charge on any atom is 0.245 e. The summed E-state index contributed by atoms with van der Waals surface area (Å²) in [6.45, 7) is 7.46. The molecule has 1 aliphatic rings.